The highest BCUT2D eigenvalue weighted by Crippen LogP contribution is 2.29. The summed E-state index contributed by atoms with van der Waals surface area (Å²) in [5, 5.41) is 11.2. The number of phenolic OH excluding ortho intramolecular Hbond substituents is 1. The summed E-state index contributed by atoms with van der Waals surface area (Å²) in [7, 11) is 0. The van der Waals surface area contributed by atoms with E-state index in [9.17, 15) is 5.11 Å². The number of aromatic hydroxyl groups is 1. The molecule has 0 saturated heterocycles. The SMILES string of the molecule is Oc1cccc2ccnc(Br)c12. The summed E-state index contributed by atoms with van der Waals surface area (Å²) in [4.78, 5) is 4.02. The van der Waals surface area contributed by atoms with Crippen molar-refractivity contribution in [1.29, 1.82) is 0 Å². The van der Waals surface area contributed by atoms with Gasteiger partial charge in [-0.15, -0.1) is 0 Å². The minimum atomic E-state index is 0.257. The summed E-state index contributed by atoms with van der Waals surface area (Å²) < 4.78 is 0.679. The van der Waals surface area contributed by atoms with Crippen molar-refractivity contribution in [3.8, 4) is 5.75 Å². The predicted molar refractivity (Wildman–Crippen MR) is 51.1 cm³/mol. The molecule has 0 saturated carbocycles. The Kier molecular flexibility index (Phi) is 1.73. The van der Waals surface area contributed by atoms with Crippen molar-refractivity contribution < 1.29 is 5.11 Å². The molecule has 1 aromatic carbocycles. The number of hydrogen-bond acceptors (Lipinski definition) is 2. The lowest BCUT2D eigenvalue weighted by Gasteiger charge is -2.00. The van der Waals surface area contributed by atoms with Gasteiger partial charge in [-0.25, -0.2) is 4.98 Å². The predicted octanol–water partition coefficient (Wildman–Crippen LogP) is 2.70. The third-order valence-electron chi connectivity index (χ3n) is 1.72. The molecule has 1 heterocycles. The lowest BCUT2D eigenvalue weighted by molar-refractivity contribution is 0.481. The third-order valence-corrected chi connectivity index (χ3v) is 2.32. The smallest absolute Gasteiger partial charge is 0.126 e. The number of nitrogens with zero attached hydrogens (tertiary/aromatic N) is 1. The first-order valence-electron chi connectivity index (χ1n) is 3.51. The lowest BCUT2D eigenvalue weighted by Crippen LogP contribution is -1.78. The van der Waals surface area contributed by atoms with Crippen LogP contribution in [0.5, 0.6) is 5.75 Å². The van der Waals surface area contributed by atoms with Gasteiger partial charge < -0.3 is 5.11 Å². The molecule has 0 unspecified atom stereocenters. The Hall–Kier alpha value is -1.09. The molecule has 1 N–H and O–H groups in total. The first-order chi connectivity index (χ1) is 5.79. The molecular weight excluding hydrogens is 218 g/mol. The lowest BCUT2D eigenvalue weighted by atomic mass is 10.2. The number of benzene rings is 1. The zero-order valence-corrected chi connectivity index (χ0v) is 7.75. The van der Waals surface area contributed by atoms with Crippen molar-refractivity contribution in [1.82, 2.24) is 4.98 Å². The molecule has 60 valence electrons. The summed E-state index contributed by atoms with van der Waals surface area (Å²) in [5.41, 5.74) is 0. The van der Waals surface area contributed by atoms with Crippen LogP contribution in [0.2, 0.25) is 0 Å². The van der Waals surface area contributed by atoms with E-state index in [2.05, 4.69) is 20.9 Å². The highest BCUT2D eigenvalue weighted by molar-refractivity contribution is 9.10. The fraction of sp³-hybridized carbons (Fsp3) is 0. The number of hydrogen-bond donors (Lipinski definition) is 1. The number of phenols is 1. The normalized spacial score (nSPS) is 10.4. The topological polar surface area (TPSA) is 33.1 Å². The van der Waals surface area contributed by atoms with Crippen molar-refractivity contribution in [3.05, 3.63) is 35.1 Å². The molecule has 0 aliphatic carbocycles. The van der Waals surface area contributed by atoms with Gasteiger partial charge in [0.05, 0.1) is 5.39 Å². The number of pyridine rings is 1. The van der Waals surface area contributed by atoms with Gasteiger partial charge in [0.2, 0.25) is 0 Å². The summed E-state index contributed by atoms with van der Waals surface area (Å²) in [6, 6.07) is 7.25. The maximum absolute atomic E-state index is 9.48. The molecule has 0 radical (unpaired) electrons. The Morgan fingerprint density at radius 3 is 2.83 bits per heavy atom. The van der Waals surface area contributed by atoms with E-state index in [1.165, 1.54) is 0 Å². The van der Waals surface area contributed by atoms with Gasteiger partial charge in [-0.05, 0) is 33.4 Å². The summed E-state index contributed by atoms with van der Waals surface area (Å²) in [6.45, 7) is 0. The molecule has 0 bridgehead atoms. The Bertz CT molecular complexity index is 391. The van der Waals surface area contributed by atoms with Gasteiger partial charge in [-0.2, -0.15) is 0 Å². The fourth-order valence-corrected chi connectivity index (χ4v) is 1.72. The van der Waals surface area contributed by atoms with Gasteiger partial charge in [0.1, 0.15) is 10.4 Å². The number of aromatic nitrogens is 1. The largest absolute Gasteiger partial charge is 0.507 e. The second kappa shape index (κ2) is 2.75. The van der Waals surface area contributed by atoms with Gasteiger partial charge in [-0.3, -0.25) is 0 Å². The van der Waals surface area contributed by atoms with E-state index in [1.54, 1.807) is 12.3 Å². The van der Waals surface area contributed by atoms with Crippen LogP contribution in [-0.4, -0.2) is 10.1 Å². The Morgan fingerprint density at radius 1 is 1.25 bits per heavy atom. The standard InChI is InChI=1S/C9H6BrNO/c10-9-8-6(4-5-11-9)2-1-3-7(8)12/h1-5,12H. The van der Waals surface area contributed by atoms with Crippen LogP contribution in [0, 0.1) is 0 Å². The number of fused-ring (bicyclic) bond motifs is 1. The molecule has 2 nitrogen and oxygen atoms in total. The van der Waals surface area contributed by atoms with Gasteiger partial charge in [0, 0.05) is 6.20 Å². The van der Waals surface area contributed by atoms with Crippen LogP contribution in [0.15, 0.2) is 35.1 Å². The van der Waals surface area contributed by atoms with Gasteiger partial charge in [0.15, 0.2) is 0 Å². The van der Waals surface area contributed by atoms with Crippen molar-refractivity contribution in [2.75, 3.05) is 0 Å². The van der Waals surface area contributed by atoms with Crippen LogP contribution in [0.3, 0.4) is 0 Å². The zero-order chi connectivity index (χ0) is 8.55. The van der Waals surface area contributed by atoms with Crippen LogP contribution < -0.4 is 0 Å². The molecule has 3 heteroatoms. The molecule has 0 aliphatic rings. The Morgan fingerprint density at radius 2 is 2.08 bits per heavy atom. The molecule has 0 amide bonds. The van der Waals surface area contributed by atoms with Crippen molar-refractivity contribution in [2.24, 2.45) is 0 Å². The highest BCUT2D eigenvalue weighted by Gasteiger charge is 2.02. The van der Waals surface area contributed by atoms with E-state index in [0.717, 1.165) is 10.8 Å². The molecule has 1 aromatic heterocycles. The highest BCUT2D eigenvalue weighted by atomic mass is 79.9. The van der Waals surface area contributed by atoms with Crippen LogP contribution in [0.1, 0.15) is 0 Å². The molecule has 0 spiro atoms. The molecule has 2 aromatic rings. The maximum Gasteiger partial charge on any atom is 0.126 e. The van der Waals surface area contributed by atoms with Gasteiger partial charge in [-0.1, -0.05) is 12.1 Å². The Labute approximate surface area is 78.0 Å². The van der Waals surface area contributed by atoms with E-state index in [4.69, 9.17) is 0 Å². The van der Waals surface area contributed by atoms with Crippen LogP contribution in [0.4, 0.5) is 0 Å². The van der Waals surface area contributed by atoms with E-state index >= 15 is 0 Å². The minimum absolute atomic E-state index is 0.257. The summed E-state index contributed by atoms with van der Waals surface area (Å²) in [6.07, 6.45) is 1.70. The third kappa shape index (κ3) is 1.06. The number of halogens is 1. The maximum atomic E-state index is 9.48. The van der Waals surface area contributed by atoms with E-state index < -0.39 is 0 Å². The van der Waals surface area contributed by atoms with E-state index in [1.807, 2.05) is 18.2 Å². The summed E-state index contributed by atoms with van der Waals surface area (Å²) in [5.74, 6) is 0.257. The number of rotatable bonds is 0. The summed E-state index contributed by atoms with van der Waals surface area (Å²) >= 11 is 3.28. The van der Waals surface area contributed by atoms with E-state index in [0.29, 0.717) is 4.60 Å². The van der Waals surface area contributed by atoms with Crippen molar-refractivity contribution in [2.45, 2.75) is 0 Å². The molecule has 0 aliphatic heterocycles. The molecule has 0 fully saturated rings. The van der Waals surface area contributed by atoms with Crippen molar-refractivity contribution in [3.63, 3.8) is 0 Å². The van der Waals surface area contributed by atoms with Crippen LogP contribution in [-0.2, 0) is 0 Å². The first-order valence-corrected chi connectivity index (χ1v) is 4.30. The van der Waals surface area contributed by atoms with E-state index in [-0.39, 0.29) is 5.75 Å². The Balaban J connectivity index is 2.96. The van der Waals surface area contributed by atoms with Crippen LogP contribution >= 0.6 is 15.9 Å². The zero-order valence-electron chi connectivity index (χ0n) is 6.16. The second-order valence-electron chi connectivity index (χ2n) is 2.48. The van der Waals surface area contributed by atoms with Gasteiger partial charge in [0.25, 0.3) is 0 Å². The average Bonchev–Trinajstić information content (AvgIpc) is 2.04. The quantitative estimate of drug-likeness (QED) is 0.698. The monoisotopic (exact) mass is 223 g/mol. The minimum Gasteiger partial charge on any atom is -0.507 e. The fourth-order valence-electron chi connectivity index (χ4n) is 1.17. The molecule has 0 atom stereocenters. The second-order valence-corrected chi connectivity index (χ2v) is 3.23. The molecule has 2 rings (SSSR count). The molecule has 12 heavy (non-hydrogen) atoms. The van der Waals surface area contributed by atoms with Crippen molar-refractivity contribution >= 4 is 26.7 Å². The average molecular weight is 224 g/mol. The molecular formula is C9H6BrNO. The van der Waals surface area contributed by atoms with Gasteiger partial charge >= 0.3 is 0 Å². The first kappa shape index (κ1) is 7.55. The van der Waals surface area contributed by atoms with Crippen LogP contribution in [0.25, 0.3) is 10.8 Å².